The van der Waals surface area contributed by atoms with Gasteiger partial charge in [0, 0.05) is 46.0 Å². The van der Waals surface area contributed by atoms with E-state index in [4.69, 9.17) is 11.6 Å². The minimum Gasteiger partial charge on any atom is -0.395 e. The summed E-state index contributed by atoms with van der Waals surface area (Å²) in [5, 5.41) is 20.6. The Morgan fingerprint density at radius 2 is 1.66 bits per heavy atom. The molecule has 1 atom stereocenters. The van der Waals surface area contributed by atoms with E-state index in [1.807, 2.05) is 0 Å². The lowest BCUT2D eigenvalue weighted by Gasteiger charge is -2.37. The fourth-order valence-electron chi connectivity index (χ4n) is 6.96. The second kappa shape index (κ2) is 11.1. The van der Waals surface area contributed by atoms with E-state index in [1.54, 1.807) is 0 Å². The van der Waals surface area contributed by atoms with E-state index in [-0.39, 0.29) is 30.0 Å². The van der Waals surface area contributed by atoms with Crippen LogP contribution >= 0.6 is 11.6 Å². The first kappa shape index (κ1) is 29.6. The maximum absolute atomic E-state index is 9.86. The number of benzene rings is 2. The molecule has 0 aliphatic carbocycles. The van der Waals surface area contributed by atoms with Gasteiger partial charge in [-0.25, -0.2) is 0 Å². The summed E-state index contributed by atoms with van der Waals surface area (Å²) in [6.07, 6.45) is 6.54. The summed E-state index contributed by atoms with van der Waals surface area (Å²) in [5.41, 5.74) is 11.4. The summed E-state index contributed by atoms with van der Waals surface area (Å²) in [5.74, 6) is 0.0235. The third-order valence-corrected chi connectivity index (χ3v) is 9.48. The number of anilines is 1. The van der Waals surface area contributed by atoms with Crippen molar-refractivity contribution in [2.75, 3.05) is 58.4 Å². The van der Waals surface area contributed by atoms with Crippen molar-refractivity contribution in [3.8, 4) is 0 Å². The molecular weight excluding hydrogens is 530 g/mol. The largest absolute Gasteiger partial charge is 0.395 e. The van der Waals surface area contributed by atoms with Gasteiger partial charge in [-0.05, 0) is 51.5 Å². The van der Waals surface area contributed by atoms with E-state index >= 15 is 0 Å². The molecule has 0 saturated carbocycles. The summed E-state index contributed by atoms with van der Waals surface area (Å²) in [6.45, 7) is 11.9. The number of allylic oxidation sites excluding steroid dienone is 1. The number of hydrogen-bond acceptors (Lipinski definition) is 3. The zero-order chi connectivity index (χ0) is 29.6. The predicted molar refractivity (Wildman–Crippen MR) is 169 cm³/mol. The van der Waals surface area contributed by atoms with E-state index in [2.05, 4.69) is 124 Å². The van der Waals surface area contributed by atoms with Crippen molar-refractivity contribution in [2.24, 2.45) is 5.92 Å². The summed E-state index contributed by atoms with van der Waals surface area (Å²) in [4.78, 5) is 2.19. The standard InChI is InChI=1S/C35H44ClN3O2/c1-34(2)27-11-7-9-13-29(27)37(19-21-40)31(34)17-15-25-23-39(5,6)24-26(33(25)36)16-18-32-35(3,4)28-12-8-10-14-30(28)38(32)20-22-41/h7-17,26,40-41H,19-24H2,1-6H3/q+2/b17-15+. The molecule has 0 fully saturated rings. The smallest absolute Gasteiger partial charge is 0.209 e. The van der Waals surface area contributed by atoms with Crippen LogP contribution in [0.1, 0.15) is 38.8 Å². The maximum atomic E-state index is 9.86. The van der Waals surface area contributed by atoms with Crippen LogP contribution in [0, 0.1) is 5.92 Å². The van der Waals surface area contributed by atoms with Crippen molar-refractivity contribution < 1.29 is 19.3 Å². The SMILES string of the molecule is CC1(C)C(=C=CC2C[N+](C)(C)CC(/C=C/C3=[N+](CCO)c4ccccc4C3(C)C)=C2Cl)N(CCO)c2ccccc21. The van der Waals surface area contributed by atoms with Crippen LogP contribution in [0.3, 0.4) is 0 Å². The van der Waals surface area contributed by atoms with Gasteiger partial charge in [-0.1, -0.05) is 48.0 Å². The molecule has 2 aromatic rings. The summed E-state index contributed by atoms with van der Waals surface area (Å²) >= 11 is 7.18. The van der Waals surface area contributed by atoms with Crippen molar-refractivity contribution in [3.05, 3.63) is 99.9 Å². The van der Waals surface area contributed by atoms with Gasteiger partial charge in [-0.3, -0.25) is 0 Å². The molecule has 6 heteroatoms. The summed E-state index contributed by atoms with van der Waals surface area (Å²) < 4.78 is 3.05. The van der Waals surface area contributed by atoms with Gasteiger partial charge in [0.05, 0.1) is 44.3 Å². The summed E-state index contributed by atoms with van der Waals surface area (Å²) in [6, 6.07) is 16.9. The van der Waals surface area contributed by atoms with Crippen molar-refractivity contribution in [1.29, 1.82) is 0 Å². The van der Waals surface area contributed by atoms with Gasteiger partial charge in [-0.2, -0.15) is 4.58 Å². The van der Waals surface area contributed by atoms with Crippen LogP contribution in [0.5, 0.6) is 0 Å². The van der Waals surface area contributed by atoms with E-state index < -0.39 is 0 Å². The zero-order valence-corrected chi connectivity index (χ0v) is 26.0. The molecule has 5 rings (SSSR count). The predicted octanol–water partition coefficient (Wildman–Crippen LogP) is 5.64. The van der Waals surface area contributed by atoms with Gasteiger partial charge in [0.15, 0.2) is 12.3 Å². The van der Waals surface area contributed by atoms with Gasteiger partial charge < -0.3 is 19.6 Å². The summed E-state index contributed by atoms with van der Waals surface area (Å²) in [7, 11) is 4.50. The Kier molecular flexibility index (Phi) is 7.97. The third-order valence-electron chi connectivity index (χ3n) is 8.96. The number of hydrogen-bond donors (Lipinski definition) is 2. The van der Waals surface area contributed by atoms with Gasteiger partial charge in [0.1, 0.15) is 13.2 Å². The van der Waals surface area contributed by atoms with Crippen LogP contribution in [0.15, 0.2) is 88.8 Å². The number of nitrogens with zero attached hydrogens (tertiary/aromatic N) is 3. The fraction of sp³-hybridized carbons (Fsp3) is 0.429. The molecule has 216 valence electrons. The Hall–Kier alpha value is -2.92. The van der Waals surface area contributed by atoms with Crippen LogP contribution in [-0.2, 0) is 10.8 Å². The van der Waals surface area contributed by atoms with Gasteiger partial charge in [-0.15, -0.1) is 5.73 Å². The van der Waals surface area contributed by atoms with Gasteiger partial charge in [0.25, 0.3) is 0 Å². The van der Waals surface area contributed by atoms with Gasteiger partial charge in [0.2, 0.25) is 5.69 Å². The molecule has 2 N–H and O–H groups in total. The van der Waals surface area contributed by atoms with E-state index in [1.165, 1.54) is 16.8 Å². The second-order valence-corrected chi connectivity index (χ2v) is 13.6. The Morgan fingerprint density at radius 1 is 0.976 bits per heavy atom. The first-order chi connectivity index (χ1) is 19.4. The highest BCUT2D eigenvalue weighted by atomic mass is 35.5. The molecule has 3 aliphatic rings. The number of quaternary nitrogens is 1. The third kappa shape index (κ3) is 5.27. The number of β-amino-alcohol motifs (C(OH)–C–C–N with tert-alkyl or cyclic N) is 2. The Bertz CT molecular complexity index is 1500. The second-order valence-electron chi connectivity index (χ2n) is 13.2. The van der Waals surface area contributed by atoms with Gasteiger partial charge >= 0.3 is 0 Å². The highest BCUT2D eigenvalue weighted by Gasteiger charge is 2.44. The van der Waals surface area contributed by atoms with E-state index in [9.17, 15) is 10.2 Å². The van der Waals surface area contributed by atoms with Crippen molar-refractivity contribution >= 4 is 28.7 Å². The van der Waals surface area contributed by atoms with Crippen LogP contribution < -0.4 is 4.90 Å². The first-order valence-electron chi connectivity index (χ1n) is 14.6. The molecule has 0 aromatic heterocycles. The lowest BCUT2D eigenvalue weighted by Crippen LogP contribution is -2.47. The molecule has 0 bridgehead atoms. The number of para-hydroxylation sites is 2. The molecule has 0 radical (unpaired) electrons. The topological polar surface area (TPSA) is 46.7 Å². The molecule has 1 unspecified atom stereocenters. The number of aliphatic hydroxyl groups is 2. The molecule has 3 heterocycles. The molecular formula is C35H44ClN3O2+2. The number of rotatable bonds is 7. The average molecular weight is 574 g/mol. The fourth-order valence-corrected chi connectivity index (χ4v) is 7.22. The lowest BCUT2D eigenvalue weighted by molar-refractivity contribution is -0.889. The van der Waals surface area contributed by atoms with Crippen LogP contribution in [-0.4, -0.2) is 78.5 Å². The van der Waals surface area contributed by atoms with Crippen LogP contribution in [0.25, 0.3) is 0 Å². The minimum absolute atomic E-state index is 0.0235. The monoisotopic (exact) mass is 573 g/mol. The average Bonchev–Trinajstić information content (AvgIpc) is 3.27. The molecule has 3 aliphatic heterocycles. The molecule has 0 saturated heterocycles. The van der Waals surface area contributed by atoms with Crippen molar-refractivity contribution in [1.82, 2.24) is 0 Å². The van der Waals surface area contributed by atoms with Crippen molar-refractivity contribution in [3.63, 3.8) is 0 Å². The zero-order valence-electron chi connectivity index (χ0n) is 25.3. The molecule has 5 nitrogen and oxygen atoms in total. The normalized spacial score (nSPS) is 22.3. The van der Waals surface area contributed by atoms with Crippen LogP contribution in [0.4, 0.5) is 11.4 Å². The highest BCUT2D eigenvalue weighted by Crippen LogP contribution is 2.47. The van der Waals surface area contributed by atoms with E-state index in [0.29, 0.717) is 13.1 Å². The maximum Gasteiger partial charge on any atom is 0.209 e. The molecule has 2 aromatic carbocycles. The highest BCUT2D eigenvalue weighted by molar-refractivity contribution is 6.30. The Morgan fingerprint density at radius 3 is 2.37 bits per heavy atom. The molecule has 0 spiro atoms. The number of aliphatic hydroxyl groups excluding tert-OH is 2. The quantitative estimate of drug-likeness (QED) is 0.256. The molecule has 0 amide bonds. The number of halogens is 1. The Balaban J connectivity index is 1.54. The minimum atomic E-state index is -0.226. The first-order valence-corrected chi connectivity index (χ1v) is 15.0. The van der Waals surface area contributed by atoms with E-state index in [0.717, 1.165) is 45.2 Å². The number of likely N-dealkylation sites (N-methyl/N-ethyl adjacent to an activating group) is 1. The molecule has 41 heavy (non-hydrogen) atoms. The number of fused-ring (bicyclic) bond motifs is 2. The van der Waals surface area contributed by atoms with Crippen LogP contribution in [0.2, 0.25) is 0 Å². The Labute approximate surface area is 250 Å². The van der Waals surface area contributed by atoms with Crippen molar-refractivity contribution in [2.45, 2.75) is 38.5 Å². The lowest BCUT2D eigenvalue weighted by atomic mass is 9.81.